The number of aromatic hydroxyl groups is 1. The molecule has 45 heavy (non-hydrogen) atoms. The summed E-state index contributed by atoms with van der Waals surface area (Å²) in [6.07, 6.45) is 2.92. The van der Waals surface area contributed by atoms with Crippen molar-refractivity contribution < 1.29 is 43.2 Å². The molecule has 0 aliphatic carbocycles. The largest absolute Gasteiger partial charge is 0.507 e. The molecular weight excluding hydrogens is 584 g/mol. The highest BCUT2D eigenvalue weighted by Gasteiger charge is 2.24. The summed E-state index contributed by atoms with van der Waals surface area (Å²) in [7, 11) is 0. The zero-order valence-corrected chi connectivity index (χ0v) is 25.9. The number of Topliss-reactive ketones (excluding diaryl/α,β-unsaturated/α-hetero) is 1. The van der Waals surface area contributed by atoms with E-state index in [0.29, 0.717) is 74.1 Å². The summed E-state index contributed by atoms with van der Waals surface area (Å²) < 4.78 is 23.4. The van der Waals surface area contributed by atoms with E-state index >= 15 is 0 Å². The van der Waals surface area contributed by atoms with Crippen molar-refractivity contribution in [1.82, 2.24) is 0 Å². The van der Waals surface area contributed by atoms with E-state index in [1.807, 2.05) is 13.8 Å². The maximum atomic E-state index is 12.9. The second kappa shape index (κ2) is 16.6. The lowest BCUT2D eigenvalue weighted by molar-refractivity contribution is -0.154. The molecule has 0 saturated carbocycles. The van der Waals surface area contributed by atoms with E-state index in [-0.39, 0.29) is 41.3 Å². The van der Waals surface area contributed by atoms with E-state index in [0.717, 1.165) is 6.07 Å². The Hall–Kier alpha value is -4.42. The van der Waals surface area contributed by atoms with Crippen molar-refractivity contribution in [3.8, 4) is 17.2 Å². The first kappa shape index (κ1) is 35.1. The molecule has 1 unspecified atom stereocenters. The molecule has 3 aromatic rings. The maximum Gasteiger partial charge on any atom is 0.371 e. The van der Waals surface area contributed by atoms with Crippen molar-refractivity contribution >= 4 is 28.7 Å². The number of carboxylic acids is 1. The normalized spacial score (nSPS) is 12.5. The number of carbonyl (C=O) groups is 3. The molecule has 0 amide bonds. The van der Waals surface area contributed by atoms with E-state index in [1.54, 1.807) is 12.1 Å². The van der Waals surface area contributed by atoms with E-state index in [2.05, 4.69) is 0 Å². The Bertz CT molecular complexity index is 1570. The fourth-order valence-corrected chi connectivity index (χ4v) is 4.87. The van der Waals surface area contributed by atoms with Gasteiger partial charge in [-0.2, -0.15) is 0 Å². The highest BCUT2D eigenvalue weighted by atomic mass is 16.6. The van der Waals surface area contributed by atoms with Gasteiger partial charge in [0.1, 0.15) is 42.1 Å². The predicted molar refractivity (Wildman–Crippen MR) is 167 cm³/mol. The summed E-state index contributed by atoms with van der Waals surface area (Å²) >= 11 is 0. The summed E-state index contributed by atoms with van der Waals surface area (Å²) in [5, 5.41) is 20.4. The van der Waals surface area contributed by atoms with Gasteiger partial charge in [-0.05, 0) is 63.4 Å². The summed E-state index contributed by atoms with van der Waals surface area (Å²) in [5.74, 6) is -2.32. The SMILES string of the molecule is CCCc1c(OCC(COc2ccc3c(=O)cc(C(=O)O)oc3c2CCC)OC(=O)[C@@H](N)CCCCN)ccc(C(C)=O)c1O. The molecule has 1 heterocycles. The Kier molecular flexibility index (Phi) is 12.9. The standard InChI is InChI=1S/C33H42N2O10/c1-4-8-23-27(13-11-21(19(3)36)30(23)38)42-17-20(44-33(41)25(35)10-6-7-15-34)18-43-28-14-12-22-26(37)16-29(32(39)40)45-31(22)24(28)9-5-2/h11-14,16,20,25,38H,4-10,15,17-18,34-35H2,1-3H3,(H,39,40)/t20?,25-/m0/s1. The van der Waals surface area contributed by atoms with E-state index in [1.165, 1.54) is 19.1 Å². The van der Waals surface area contributed by atoms with Crippen LogP contribution >= 0.6 is 0 Å². The predicted octanol–water partition coefficient (Wildman–Crippen LogP) is 4.13. The van der Waals surface area contributed by atoms with Crippen LogP contribution in [0.5, 0.6) is 17.2 Å². The number of phenols is 1. The van der Waals surface area contributed by atoms with Crippen molar-refractivity contribution in [3.63, 3.8) is 0 Å². The molecule has 2 aromatic carbocycles. The number of esters is 1. The number of benzene rings is 2. The highest BCUT2D eigenvalue weighted by molar-refractivity contribution is 5.97. The van der Waals surface area contributed by atoms with Crippen LogP contribution in [0.15, 0.2) is 39.5 Å². The average molecular weight is 627 g/mol. The number of fused-ring (bicyclic) bond motifs is 1. The van der Waals surface area contributed by atoms with E-state index in [9.17, 15) is 29.4 Å². The number of nitrogens with two attached hydrogens (primary N) is 2. The third-order valence-electron chi connectivity index (χ3n) is 7.19. The molecule has 3 rings (SSSR count). The number of unbranched alkanes of at least 4 members (excludes halogenated alkanes) is 1. The molecule has 1 aromatic heterocycles. The van der Waals surface area contributed by atoms with Crippen LogP contribution in [0.4, 0.5) is 0 Å². The number of hydrogen-bond acceptors (Lipinski definition) is 11. The summed E-state index contributed by atoms with van der Waals surface area (Å²) in [4.78, 5) is 49.1. The molecule has 0 bridgehead atoms. The van der Waals surface area contributed by atoms with Gasteiger partial charge in [0.25, 0.3) is 0 Å². The van der Waals surface area contributed by atoms with Gasteiger partial charge in [0, 0.05) is 17.2 Å². The Morgan fingerprint density at radius 3 is 2.18 bits per heavy atom. The second-order valence-corrected chi connectivity index (χ2v) is 10.8. The first-order valence-corrected chi connectivity index (χ1v) is 15.1. The third-order valence-corrected chi connectivity index (χ3v) is 7.19. The van der Waals surface area contributed by atoms with Crippen LogP contribution < -0.4 is 26.4 Å². The molecular formula is C33H42N2O10. The van der Waals surface area contributed by atoms with E-state index in [4.69, 9.17) is 30.1 Å². The van der Waals surface area contributed by atoms with Gasteiger partial charge in [-0.1, -0.05) is 33.1 Å². The lowest BCUT2D eigenvalue weighted by Crippen LogP contribution is -2.39. The van der Waals surface area contributed by atoms with Gasteiger partial charge >= 0.3 is 11.9 Å². The van der Waals surface area contributed by atoms with Crippen LogP contribution in [0, 0.1) is 0 Å². The minimum Gasteiger partial charge on any atom is -0.507 e. The van der Waals surface area contributed by atoms with Gasteiger partial charge in [-0.25, -0.2) is 4.79 Å². The molecule has 0 saturated heterocycles. The van der Waals surface area contributed by atoms with Crippen molar-refractivity contribution in [1.29, 1.82) is 0 Å². The molecule has 0 radical (unpaired) electrons. The number of aromatic carboxylic acids is 1. The lowest BCUT2D eigenvalue weighted by atomic mass is 10.0. The van der Waals surface area contributed by atoms with Gasteiger partial charge in [-0.3, -0.25) is 14.4 Å². The maximum absolute atomic E-state index is 12.9. The van der Waals surface area contributed by atoms with Crippen molar-refractivity contribution in [2.24, 2.45) is 11.5 Å². The zero-order chi connectivity index (χ0) is 33.1. The van der Waals surface area contributed by atoms with Crippen LogP contribution in [-0.2, 0) is 22.4 Å². The minimum absolute atomic E-state index is 0.108. The van der Waals surface area contributed by atoms with Crippen LogP contribution in [-0.4, -0.2) is 59.8 Å². The fraction of sp³-hybridized carbons (Fsp3) is 0.455. The van der Waals surface area contributed by atoms with Gasteiger partial charge in [0.15, 0.2) is 17.3 Å². The quantitative estimate of drug-likeness (QED) is 0.0895. The first-order valence-electron chi connectivity index (χ1n) is 15.1. The Morgan fingerprint density at radius 1 is 0.956 bits per heavy atom. The van der Waals surface area contributed by atoms with Crippen LogP contribution in [0.1, 0.15) is 84.9 Å². The van der Waals surface area contributed by atoms with Gasteiger partial charge < -0.3 is 40.3 Å². The highest BCUT2D eigenvalue weighted by Crippen LogP contribution is 2.33. The zero-order valence-electron chi connectivity index (χ0n) is 25.9. The van der Waals surface area contributed by atoms with Crippen molar-refractivity contribution in [3.05, 3.63) is 63.0 Å². The molecule has 6 N–H and O–H groups in total. The average Bonchev–Trinajstić information content (AvgIpc) is 3.00. The smallest absolute Gasteiger partial charge is 0.371 e. The van der Waals surface area contributed by atoms with Gasteiger partial charge in [-0.15, -0.1) is 0 Å². The summed E-state index contributed by atoms with van der Waals surface area (Å²) in [6.45, 7) is 5.31. The summed E-state index contributed by atoms with van der Waals surface area (Å²) in [5.41, 5.74) is 12.4. The number of hydrogen-bond donors (Lipinski definition) is 4. The molecule has 2 atom stereocenters. The number of carbonyl (C=O) groups excluding carboxylic acids is 2. The van der Waals surface area contributed by atoms with Gasteiger partial charge in [0.05, 0.1) is 10.9 Å². The Balaban J connectivity index is 1.92. The summed E-state index contributed by atoms with van der Waals surface area (Å²) in [6, 6.07) is 6.17. The molecule has 244 valence electrons. The van der Waals surface area contributed by atoms with Crippen LogP contribution in [0.2, 0.25) is 0 Å². The first-order chi connectivity index (χ1) is 21.5. The molecule has 12 heteroatoms. The number of ether oxygens (including phenoxy) is 3. The number of ketones is 1. The van der Waals surface area contributed by atoms with Crippen molar-refractivity contribution in [2.75, 3.05) is 19.8 Å². The molecule has 0 fully saturated rings. The lowest BCUT2D eigenvalue weighted by Gasteiger charge is -2.23. The molecule has 0 aliphatic rings. The Labute approximate surface area is 261 Å². The molecule has 0 aliphatic heterocycles. The fourth-order valence-electron chi connectivity index (χ4n) is 4.87. The van der Waals surface area contributed by atoms with Crippen molar-refractivity contribution in [2.45, 2.75) is 77.9 Å². The number of rotatable bonds is 18. The van der Waals surface area contributed by atoms with Gasteiger partial charge in [0.2, 0.25) is 5.76 Å². The van der Waals surface area contributed by atoms with Crippen LogP contribution in [0.3, 0.4) is 0 Å². The number of phenolic OH excluding ortho intramolecular Hbond substituents is 1. The minimum atomic E-state index is -1.38. The molecule has 0 spiro atoms. The topological polar surface area (TPSA) is 202 Å². The number of aryl methyl sites for hydroxylation is 1. The third kappa shape index (κ3) is 9.05. The number of carboxylic acid groups (broad SMARTS) is 1. The Morgan fingerprint density at radius 2 is 1.58 bits per heavy atom. The monoisotopic (exact) mass is 626 g/mol. The van der Waals surface area contributed by atoms with E-state index < -0.39 is 35.3 Å². The van der Waals surface area contributed by atoms with Crippen LogP contribution in [0.25, 0.3) is 11.0 Å². The second-order valence-electron chi connectivity index (χ2n) is 10.8. The molecule has 12 nitrogen and oxygen atoms in total.